The summed E-state index contributed by atoms with van der Waals surface area (Å²) in [5.41, 5.74) is 13.3. The molecule has 35 heavy (non-hydrogen) atoms. The van der Waals surface area contributed by atoms with Crippen molar-refractivity contribution in [2.24, 2.45) is 5.73 Å². The largest absolute Gasteiger partial charge is 0.381 e. The van der Waals surface area contributed by atoms with Crippen LogP contribution in [-0.4, -0.2) is 30.1 Å². The lowest BCUT2D eigenvalue weighted by atomic mass is 10.1. The van der Waals surface area contributed by atoms with Gasteiger partial charge in [0, 0.05) is 24.4 Å². The zero-order valence-corrected chi connectivity index (χ0v) is 19.3. The lowest BCUT2D eigenvalue weighted by molar-refractivity contribution is 0.100. The van der Waals surface area contributed by atoms with Crippen molar-refractivity contribution in [1.29, 1.82) is 0 Å². The van der Waals surface area contributed by atoms with Crippen molar-refractivity contribution in [3.05, 3.63) is 94.3 Å². The highest BCUT2D eigenvalue weighted by Gasteiger charge is 2.15. The van der Waals surface area contributed by atoms with Gasteiger partial charge in [-0.1, -0.05) is 37.1 Å². The third-order valence-corrected chi connectivity index (χ3v) is 5.23. The van der Waals surface area contributed by atoms with Crippen molar-refractivity contribution < 1.29 is 4.79 Å². The fourth-order valence-electron chi connectivity index (χ4n) is 3.74. The van der Waals surface area contributed by atoms with E-state index in [1.807, 2.05) is 55.5 Å². The number of carbonyl (C=O) groups is 1. The molecule has 0 unspecified atom stereocenters. The molecule has 0 saturated heterocycles. The summed E-state index contributed by atoms with van der Waals surface area (Å²) in [4.78, 5) is 32.6. The van der Waals surface area contributed by atoms with Crippen LogP contribution < -0.4 is 17.0 Å². The van der Waals surface area contributed by atoms with E-state index in [1.165, 1.54) is 4.52 Å². The Balaban J connectivity index is 0.000000189. The second-order valence-corrected chi connectivity index (χ2v) is 7.44. The Morgan fingerprint density at radius 1 is 1.09 bits per heavy atom. The van der Waals surface area contributed by atoms with Gasteiger partial charge in [-0.05, 0) is 37.3 Å². The van der Waals surface area contributed by atoms with Crippen LogP contribution in [0.2, 0.25) is 0 Å². The number of aromatic nitrogens is 5. The van der Waals surface area contributed by atoms with Gasteiger partial charge >= 0.3 is 0 Å². The highest BCUT2D eigenvalue weighted by Crippen LogP contribution is 2.17. The molecule has 9 heteroatoms. The van der Waals surface area contributed by atoms with Gasteiger partial charge in [0.25, 0.3) is 11.5 Å². The van der Waals surface area contributed by atoms with E-state index in [1.54, 1.807) is 30.0 Å². The first kappa shape index (κ1) is 23.2. The van der Waals surface area contributed by atoms with Gasteiger partial charge in [0.05, 0.1) is 16.6 Å². The molecule has 5 rings (SSSR count). The van der Waals surface area contributed by atoms with Crippen LogP contribution >= 0.6 is 0 Å². The molecule has 3 heterocycles. The molecule has 0 aliphatic heterocycles. The molecule has 5 aromatic rings. The number of anilines is 1. The van der Waals surface area contributed by atoms with Crippen molar-refractivity contribution in [3.63, 3.8) is 0 Å². The second kappa shape index (κ2) is 9.89. The quantitative estimate of drug-likeness (QED) is 0.394. The molecule has 0 saturated carbocycles. The van der Waals surface area contributed by atoms with Crippen LogP contribution in [0.1, 0.15) is 35.6 Å². The van der Waals surface area contributed by atoms with E-state index in [4.69, 9.17) is 11.5 Å². The molecule has 174 valence electrons. The number of rotatable bonds is 3. The van der Waals surface area contributed by atoms with Crippen molar-refractivity contribution in [3.8, 4) is 17.5 Å². The van der Waals surface area contributed by atoms with Crippen LogP contribution in [0.25, 0.3) is 22.2 Å². The summed E-state index contributed by atoms with van der Waals surface area (Å²) in [6, 6.07) is 16.9. The van der Waals surface area contributed by atoms with Crippen molar-refractivity contribution >= 4 is 28.3 Å². The highest BCUT2D eigenvalue weighted by atomic mass is 16.1. The number of fused-ring (bicyclic) bond motifs is 2. The van der Waals surface area contributed by atoms with Gasteiger partial charge in [0.15, 0.2) is 11.5 Å². The zero-order valence-electron chi connectivity index (χ0n) is 19.3. The summed E-state index contributed by atoms with van der Waals surface area (Å²) in [7, 11) is 0. The molecule has 0 spiro atoms. The number of primary amides is 1. The van der Waals surface area contributed by atoms with Gasteiger partial charge in [-0.2, -0.15) is 0 Å². The van der Waals surface area contributed by atoms with E-state index in [9.17, 15) is 9.59 Å². The Hall–Kier alpha value is -4.97. The summed E-state index contributed by atoms with van der Waals surface area (Å²) in [5.74, 6) is 6.11. The van der Waals surface area contributed by atoms with Crippen LogP contribution in [-0.2, 0) is 6.42 Å². The second-order valence-electron chi connectivity index (χ2n) is 7.44. The number of para-hydroxylation sites is 1. The number of hydrogen-bond acceptors (Lipinski definition) is 6. The molecule has 0 atom stereocenters. The highest BCUT2D eigenvalue weighted by molar-refractivity contribution is 6.03. The van der Waals surface area contributed by atoms with Gasteiger partial charge in [-0.3, -0.25) is 14.2 Å². The van der Waals surface area contributed by atoms with E-state index < -0.39 is 5.91 Å². The molecule has 9 nitrogen and oxygen atoms in total. The van der Waals surface area contributed by atoms with E-state index >= 15 is 0 Å². The smallest absolute Gasteiger partial charge is 0.267 e. The normalized spacial score (nSPS) is 10.3. The first-order valence-corrected chi connectivity index (χ1v) is 10.9. The Morgan fingerprint density at radius 3 is 2.54 bits per heavy atom. The van der Waals surface area contributed by atoms with Gasteiger partial charge in [0.2, 0.25) is 0 Å². The van der Waals surface area contributed by atoms with Crippen LogP contribution in [0.3, 0.4) is 0 Å². The van der Waals surface area contributed by atoms with Gasteiger partial charge in [-0.25, -0.2) is 14.5 Å². The summed E-state index contributed by atoms with van der Waals surface area (Å²) in [5, 5.41) is 4.45. The minimum atomic E-state index is -0.619. The number of nitrogens with two attached hydrogens (primary N) is 2. The SMILES string of the molecule is CC#Cc1cccc2nc(CC)n(-c3ccccc3)c(=O)c12.NC(=O)c1c(N)nn2cccnc12. The molecule has 1 amide bonds. The number of amides is 1. The number of carbonyl (C=O) groups excluding carboxylic acids is 1. The predicted octanol–water partition coefficient (Wildman–Crippen LogP) is 2.73. The van der Waals surface area contributed by atoms with Gasteiger partial charge in [-0.15, -0.1) is 11.0 Å². The minimum absolute atomic E-state index is 0.0635. The first-order valence-electron chi connectivity index (χ1n) is 10.9. The van der Waals surface area contributed by atoms with Crippen LogP contribution in [0.4, 0.5) is 5.82 Å². The fourth-order valence-corrected chi connectivity index (χ4v) is 3.74. The Morgan fingerprint density at radius 2 is 1.86 bits per heavy atom. The molecular formula is C26H23N7O2. The summed E-state index contributed by atoms with van der Waals surface area (Å²) < 4.78 is 3.10. The van der Waals surface area contributed by atoms with E-state index in [-0.39, 0.29) is 16.9 Å². The van der Waals surface area contributed by atoms with Crippen molar-refractivity contribution in [2.45, 2.75) is 20.3 Å². The van der Waals surface area contributed by atoms with E-state index in [0.29, 0.717) is 23.0 Å². The molecule has 0 fully saturated rings. The Kier molecular flexibility index (Phi) is 6.55. The number of benzene rings is 2. The van der Waals surface area contributed by atoms with Crippen molar-refractivity contribution in [1.82, 2.24) is 24.1 Å². The first-order chi connectivity index (χ1) is 17.0. The topological polar surface area (TPSA) is 134 Å². The van der Waals surface area contributed by atoms with Crippen LogP contribution in [0.15, 0.2) is 71.8 Å². The summed E-state index contributed by atoms with van der Waals surface area (Å²) >= 11 is 0. The fraction of sp³-hybridized carbons (Fsp3) is 0.115. The Labute approximate surface area is 201 Å². The van der Waals surface area contributed by atoms with Gasteiger partial charge in [0.1, 0.15) is 11.4 Å². The van der Waals surface area contributed by atoms with E-state index in [0.717, 1.165) is 17.1 Å². The van der Waals surface area contributed by atoms with Crippen LogP contribution in [0, 0.1) is 11.8 Å². The number of hydrogen-bond donors (Lipinski definition) is 2. The standard InChI is InChI=1S/C19H16N2O.C7H7N5O/c1-3-9-14-10-8-13-16-18(14)19(22)21(17(4-2)20-16)15-11-6-5-7-12-15;8-5-4(6(9)13)7-10-2-1-3-12(7)11-5/h5-8,10-13H,4H2,1-2H3;1-3H,(H2,8,11)(H2,9,13). The molecule has 3 aromatic heterocycles. The van der Waals surface area contributed by atoms with Gasteiger partial charge < -0.3 is 11.5 Å². The maximum atomic E-state index is 13.1. The average molecular weight is 466 g/mol. The third kappa shape index (κ3) is 4.45. The molecule has 0 radical (unpaired) electrons. The zero-order chi connectivity index (χ0) is 24.9. The minimum Gasteiger partial charge on any atom is -0.381 e. The van der Waals surface area contributed by atoms with E-state index in [2.05, 4.69) is 26.9 Å². The predicted molar refractivity (Wildman–Crippen MR) is 135 cm³/mol. The molecular weight excluding hydrogens is 442 g/mol. The monoisotopic (exact) mass is 465 g/mol. The summed E-state index contributed by atoms with van der Waals surface area (Å²) in [6.45, 7) is 3.77. The molecule has 4 N–H and O–H groups in total. The maximum absolute atomic E-state index is 13.1. The van der Waals surface area contributed by atoms with Crippen LogP contribution in [0.5, 0.6) is 0 Å². The average Bonchev–Trinajstić information content (AvgIpc) is 3.21. The number of nitrogens with zero attached hydrogens (tertiary/aromatic N) is 5. The lowest BCUT2D eigenvalue weighted by Crippen LogP contribution is -2.24. The molecule has 0 aliphatic rings. The number of nitrogen functional groups attached to an aromatic ring is 1. The lowest BCUT2D eigenvalue weighted by Gasteiger charge is -2.13. The molecule has 2 aromatic carbocycles. The Bertz CT molecular complexity index is 1660. The maximum Gasteiger partial charge on any atom is 0.267 e. The van der Waals surface area contributed by atoms with Crippen molar-refractivity contribution in [2.75, 3.05) is 5.73 Å². The third-order valence-electron chi connectivity index (χ3n) is 5.23. The molecule has 0 bridgehead atoms. The number of aryl methyl sites for hydroxylation is 1. The molecule has 0 aliphatic carbocycles. The summed E-state index contributed by atoms with van der Waals surface area (Å²) in [6.07, 6.45) is 3.87.